The predicted octanol–water partition coefficient (Wildman–Crippen LogP) is 3.33. The van der Waals surface area contributed by atoms with Gasteiger partial charge in [0, 0.05) is 42.4 Å². The van der Waals surface area contributed by atoms with E-state index in [0.717, 1.165) is 23.2 Å². The molecule has 2 aliphatic rings. The smallest absolute Gasteiger partial charge is 0.475 e. The Labute approximate surface area is 189 Å². The highest BCUT2D eigenvalue weighted by atomic mass is 19.4. The van der Waals surface area contributed by atoms with Crippen LogP contribution in [0.1, 0.15) is 21.5 Å². The molecule has 2 saturated heterocycles. The fraction of sp³-hybridized carbons (Fsp3) is 0.435. The van der Waals surface area contributed by atoms with Gasteiger partial charge >= 0.3 is 12.1 Å². The molecule has 2 fully saturated rings. The standard InChI is InChI=1S/C21H24N2O3.C2HF3O2/c1-16-5-2-3-7-19(16)20(24)23-10-18-12-26-15-21(18,13-23)14-25-11-17-6-4-8-22-9-17;3-2(4,5)1(6)7/h2-9,18H,10-15H2,1H3;(H,6,7)/t18-,21-;/m1./s1. The Hall–Kier alpha value is -2.98. The highest BCUT2D eigenvalue weighted by Crippen LogP contribution is 2.42. The number of benzene rings is 1. The van der Waals surface area contributed by atoms with Crippen molar-refractivity contribution in [2.75, 3.05) is 32.9 Å². The van der Waals surface area contributed by atoms with Gasteiger partial charge in [0.2, 0.25) is 0 Å². The monoisotopic (exact) mass is 466 g/mol. The number of ether oxygens (including phenoxy) is 2. The van der Waals surface area contributed by atoms with E-state index in [0.29, 0.717) is 38.9 Å². The van der Waals surface area contributed by atoms with Crippen molar-refractivity contribution in [1.29, 1.82) is 0 Å². The number of aliphatic carboxylic acids is 1. The predicted molar refractivity (Wildman–Crippen MR) is 111 cm³/mol. The largest absolute Gasteiger partial charge is 0.490 e. The van der Waals surface area contributed by atoms with Crippen LogP contribution in [0.15, 0.2) is 48.8 Å². The number of carboxylic acids is 1. The van der Waals surface area contributed by atoms with Crippen molar-refractivity contribution in [2.45, 2.75) is 19.7 Å². The van der Waals surface area contributed by atoms with E-state index in [4.69, 9.17) is 19.4 Å². The number of pyridine rings is 1. The molecule has 3 heterocycles. The van der Waals surface area contributed by atoms with Crippen molar-refractivity contribution < 1.29 is 37.3 Å². The minimum absolute atomic E-state index is 0.0967. The number of nitrogens with zero attached hydrogens (tertiary/aromatic N) is 2. The van der Waals surface area contributed by atoms with Crippen molar-refractivity contribution in [1.82, 2.24) is 9.88 Å². The Kier molecular flexibility index (Phi) is 7.70. The van der Waals surface area contributed by atoms with E-state index in [-0.39, 0.29) is 11.3 Å². The number of hydrogen-bond donors (Lipinski definition) is 1. The summed E-state index contributed by atoms with van der Waals surface area (Å²) >= 11 is 0. The molecule has 1 aromatic heterocycles. The minimum atomic E-state index is -5.08. The number of halogens is 3. The van der Waals surface area contributed by atoms with Gasteiger partial charge in [-0.1, -0.05) is 24.3 Å². The summed E-state index contributed by atoms with van der Waals surface area (Å²) in [5.74, 6) is -2.30. The maximum Gasteiger partial charge on any atom is 0.490 e. The summed E-state index contributed by atoms with van der Waals surface area (Å²) in [7, 11) is 0. The molecular formula is C23H25F3N2O5. The number of amides is 1. The first-order chi connectivity index (χ1) is 15.6. The number of carboxylic acid groups (broad SMARTS) is 1. The molecule has 0 aliphatic carbocycles. The Morgan fingerprint density at radius 3 is 2.64 bits per heavy atom. The minimum Gasteiger partial charge on any atom is -0.475 e. The zero-order valence-corrected chi connectivity index (χ0v) is 18.0. The summed E-state index contributed by atoms with van der Waals surface area (Å²) < 4.78 is 43.5. The number of carbonyl (C=O) groups excluding carboxylic acids is 1. The van der Waals surface area contributed by atoms with Gasteiger partial charge in [-0.2, -0.15) is 13.2 Å². The van der Waals surface area contributed by atoms with Crippen LogP contribution in [0.2, 0.25) is 0 Å². The quantitative estimate of drug-likeness (QED) is 0.727. The third-order valence-corrected chi connectivity index (χ3v) is 5.81. The summed E-state index contributed by atoms with van der Waals surface area (Å²) in [4.78, 5) is 28.0. The Bertz CT molecular complexity index is 970. The van der Waals surface area contributed by atoms with Crippen LogP contribution in [0, 0.1) is 18.3 Å². The summed E-state index contributed by atoms with van der Waals surface area (Å²) in [6.45, 7) is 5.91. The lowest BCUT2D eigenvalue weighted by atomic mass is 9.82. The van der Waals surface area contributed by atoms with E-state index in [1.807, 2.05) is 54.4 Å². The summed E-state index contributed by atoms with van der Waals surface area (Å²) in [5.41, 5.74) is 2.78. The summed E-state index contributed by atoms with van der Waals surface area (Å²) in [5, 5.41) is 7.12. The van der Waals surface area contributed by atoms with Gasteiger partial charge in [0.1, 0.15) is 0 Å². The van der Waals surface area contributed by atoms with Crippen molar-refractivity contribution >= 4 is 11.9 Å². The molecule has 1 aromatic carbocycles. The van der Waals surface area contributed by atoms with Gasteiger partial charge in [-0.15, -0.1) is 0 Å². The van der Waals surface area contributed by atoms with Gasteiger partial charge in [-0.05, 0) is 30.2 Å². The molecule has 33 heavy (non-hydrogen) atoms. The second-order valence-electron chi connectivity index (χ2n) is 8.23. The zero-order valence-electron chi connectivity index (χ0n) is 18.0. The molecule has 0 radical (unpaired) electrons. The molecule has 1 amide bonds. The van der Waals surface area contributed by atoms with Gasteiger partial charge in [0.15, 0.2) is 0 Å². The van der Waals surface area contributed by atoms with E-state index in [2.05, 4.69) is 4.98 Å². The SMILES string of the molecule is Cc1ccccc1C(=O)N1C[C@@H]2COC[C@]2(COCc2cccnc2)C1.O=C(O)C(F)(F)F. The van der Waals surface area contributed by atoms with E-state index >= 15 is 0 Å². The number of fused-ring (bicyclic) bond motifs is 1. The van der Waals surface area contributed by atoms with E-state index in [1.165, 1.54) is 0 Å². The highest BCUT2D eigenvalue weighted by Gasteiger charge is 2.52. The molecule has 2 atom stereocenters. The maximum atomic E-state index is 13.0. The highest BCUT2D eigenvalue weighted by molar-refractivity contribution is 5.95. The number of likely N-dealkylation sites (tertiary alicyclic amines) is 1. The third kappa shape index (κ3) is 6.08. The van der Waals surface area contributed by atoms with Crippen LogP contribution in [-0.4, -0.2) is 66.0 Å². The molecule has 2 aliphatic heterocycles. The number of hydrogen-bond acceptors (Lipinski definition) is 5. The summed E-state index contributed by atoms with van der Waals surface area (Å²) in [6.07, 6.45) is -1.50. The van der Waals surface area contributed by atoms with Crippen molar-refractivity contribution in [2.24, 2.45) is 11.3 Å². The van der Waals surface area contributed by atoms with E-state index < -0.39 is 12.1 Å². The first kappa shape index (κ1) is 24.7. The topological polar surface area (TPSA) is 89.0 Å². The normalized spacial score (nSPS) is 21.8. The number of aryl methyl sites for hydroxylation is 1. The van der Waals surface area contributed by atoms with Crippen LogP contribution in [-0.2, 0) is 20.9 Å². The van der Waals surface area contributed by atoms with Crippen LogP contribution < -0.4 is 0 Å². The maximum absolute atomic E-state index is 13.0. The Morgan fingerprint density at radius 1 is 1.27 bits per heavy atom. The van der Waals surface area contributed by atoms with Gasteiger partial charge < -0.3 is 19.5 Å². The first-order valence-corrected chi connectivity index (χ1v) is 10.3. The summed E-state index contributed by atoms with van der Waals surface area (Å²) in [6, 6.07) is 11.7. The molecule has 0 saturated carbocycles. The van der Waals surface area contributed by atoms with Crippen LogP contribution in [0.5, 0.6) is 0 Å². The molecule has 0 unspecified atom stereocenters. The second kappa shape index (κ2) is 10.3. The first-order valence-electron chi connectivity index (χ1n) is 10.3. The Balaban J connectivity index is 0.000000383. The van der Waals surface area contributed by atoms with Gasteiger partial charge in [0.05, 0.1) is 26.4 Å². The lowest BCUT2D eigenvalue weighted by Crippen LogP contribution is -2.37. The lowest BCUT2D eigenvalue weighted by molar-refractivity contribution is -0.192. The van der Waals surface area contributed by atoms with Crippen LogP contribution >= 0.6 is 0 Å². The average Bonchev–Trinajstić information content (AvgIpc) is 3.31. The number of alkyl halides is 3. The molecular weight excluding hydrogens is 441 g/mol. The van der Waals surface area contributed by atoms with E-state index in [1.54, 1.807) is 6.20 Å². The number of aromatic nitrogens is 1. The second-order valence-corrected chi connectivity index (χ2v) is 8.23. The van der Waals surface area contributed by atoms with Crippen LogP contribution in [0.3, 0.4) is 0 Å². The third-order valence-electron chi connectivity index (χ3n) is 5.81. The van der Waals surface area contributed by atoms with Crippen LogP contribution in [0.25, 0.3) is 0 Å². The molecule has 4 rings (SSSR count). The molecule has 1 N–H and O–H groups in total. The number of rotatable bonds is 5. The molecule has 10 heteroatoms. The molecule has 0 bridgehead atoms. The average molecular weight is 466 g/mol. The molecule has 2 aromatic rings. The molecule has 178 valence electrons. The van der Waals surface area contributed by atoms with Gasteiger partial charge in [-0.3, -0.25) is 9.78 Å². The van der Waals surface area contributed by atoms with Gasteiger partial charge in [-0.25, -0.2) is 4.79 Å². The molecule has 0 spiro atoms. The molecule has 7 nitrogen and oxygen atoms in total. The lowest BCUT2D eigenvalue weighted by Gasteiger charge is -2.27. The van der Waals surface area contributed by atoms with Gasteiger partial charge in [0.25, 0.3) is 5.91 Å². The zero-order chi connectivity index (χ0) is 24.1. The van der Waals surface area contributed by atoms with Crippen molar-refractivity contribution in [3.8, 4) is 0 Å². The number of carbonyl (C=O) groups is 2. The van der Waals surface area contributed by atoms with Crippen molar-refractivity contribution in [3.05, 3.63) is 65.5 Å². The van der Waals surface area contributed by atoms with E-state index in [9.17, 15) is 18.0 Å². The van der Waals surface area contributed by atoms with Crippen molar-refractivity contribution in [3.63, 3.8) is 0 Å². The fourth-order valence-corrected chi connectivity index (χ4v) is 4.03. The Morgan fingerprint density at radius 2 is 2.00 bits per heavy atom. The fourth-order valence-electron chi connectivity index (χ4n) is 4.03. The van der Waals surface area contributed by atoms with Crippen LogP contribution in [0.4, 0.5) is 13.2 Å².